The molecule has 0 radical (unpaired) electrons. The number of aromatic carboxylic acids is 1. The minimum atomic E-state index is -0.990. The summed E-state index contributed by atoms with van der Waals surface area (Å²) in [6.45, 7) is 9.10. The first kappa shape index (κ1) is 23.6. The van der Waals surface area contributed by atoms with Crippen LogP contribution >= 0.6 is 22.7 Å². The van der Waals surface area contributed by atoms with Crippen LogP contribution in [0.25, 0.3) is 10.2 Å². The molecule has 1 aliphatic heterocycles. The van der Waals surface area contributed by atoms with Crippen molar-refractivity contribution in [1.29, 1.82) is 0 Å². The first-order valence-corrected chi connectivity index (χ1v) is 13.1. The summed E-state index contributed by atoms with van der Waals surface area (Å²) in [5.41, 5.74) is 1.99. The summed E-state index contributed by atoms with van der Waals surface area (Å²) in [5.74, 6) is 1.03. The summed E-state index contributed by atoms with van der Waals surface area (Å²) in [6.07, 6.45) is 0. The monoisotopic (exact) mass is 509 g/mol. The van der Waals surface area contributed by atoms with Crippen LogP contribution in [0.3, 0.4) is 0 Å². The zero-order chi connectivity index (χ0) is 24.7. The van der Waals surface area contributed by atoms with Gasteiger partial charge in [-0.15, -0.1) is 21.5 Å². The van der Waals surface area contributed by atoms with Crippen LogP contribution < -0.4 is 10.2 Å². The number of aromatic nitrogens is 4. The number of hydrogen-bond donors (Lipinski definition) is 2. The highest BCUT2D eigenvalue weighted by Crippen LogP contribution is 2.39. The number of para-hydroxylation sites is 1. The molecule has 0 unspecified atom stereocenters. The Labute approximate surface area is 211 Å². The van der Waals surface area contributed by atoms with Crippen molar-refractivity contribution in [3.05, 3.63) is 46.5 Å². The van der Waals surface area contributed by atoms with Gasteiger partial charge in [0, 0.05) is 37.5 Å². The summed E-state index contributed by atoms with van der Waals surface area (Å²) >= 11 is 2.99. The predicted octanol–water partition coefficient (Wildman–Crippen LogP) is 5.12. The van der Waals surface area contributed by atoms with Crippen LogP contribution in [0.15, 0.2) is 30.3 Å². The molecule has 1 fully saturated rings. The van der Waals surface area contributed by atoms with E-state index in [-0.39, 0.29) is 11.6 Å². The highest BCUT2D eigenvalue weighted by Gasteiger charge is 2.34. The van der Waals surface area contributed by atoms with Crippen LogP contribution in [0.2, 0.25) is 0 Å². The van der Waals surface area contributed by atoms with Crippen molar-refractivity contribution in [2.45, 2.75) is 26.7 Å². The van der Waals surface area contributed by atoms with Crippen LogP contribution in [-0.4, -0.2) is 62.8 Å². The smallest absolute Gasteiger partial charge is 0.355 e. The highest BCUT2D eigenvalue weighted by molar-refractivity contribution is 7.22. The van der Waals surface area contributed by atoms with Crippen LogP contribution in [0.1, 0.15) is 40.7 Å². The Kier molecular flexibility index (Phi) is 6.39. The molecular weight excluding hydrogens is 482 g/mol. The van der Waals surface area contributed by atoms with E-state index in [9.17, 15) is 9.90 Å². The molecule has 9 nitrogen and oxygen atoms in total. The number of rotatable bonds is 8. The third-order valence-corrected chi connectivity index (χ3v) is 8.16. The lowest BCUT2D eigenvalue weighted by atomic mass is 9.96. The number of thiazole rings is 2. The fourth-order valence-corrected chi connectivity index (χ4v) is 6.15. The van der Waals surface area contributed by atoms with Gasteiger partial charge < -0.3 is 20.2 Å². The number of benzene rings is 1. The Bertz CT molecular complexity index is 1340. The highest BCUT2D eigenvalue weighted by atomic mass is 32.1. The summed E-state index contributed by atoms with van der Waals surface area (Å²) in [5, 5.41) is 23.1. The third-order valence-electron chi connectivity index (χ3n) is 5.92. The zero-order valence-corrected chi connectivity index (χ0v) is 21.7. The molecule has 3 aromatic heterocycles. The quantitative estimate of drug-likeness (QED) is 0.335. The molecule has 0 aliphatic carbocycles. The van der Waals surface area contributed by atoms with E-state index in [1.165, 1.54) is 11.3 Å². The number of carbonyl (C=O) groups is 1. The van der Waals surface area contributed by atoms with E-state index in [0.29, 0.717) is 22.7 Å². The molecule has 0 amide bonds. The molecule has 1 aliphatic rings. The Morgan fingerprint density at radius 1 is 1.23 bits per heavy atom. The van der Waals surface area contributed by atoms with Crippen LogP contribution in [0, 0.1) is 12.8 Å². The number of nitrogens with one attached hydrogen (secondary N) is 1. The Hall–Kier alpha value is -3.15. The first-order valence-electron chi connectivity index (χ1n) is 11.5. The fraction of sp³-hybridized carbons (Fsp3) is 0.375. The standard InChI is InChI=1S/C24H27N7O2S2/c1-13(2)10-31-11-15(12-31)20-19(22(32)33)26-24(35-20)30(4)18-9-14(3)21(29-28-18)27-23-25-16-7-5-6-8-17(16)34-23/h5-9,13,15H,10-12H2,1-4H3,(H,32,33)(H,25,27,29). The normalized spacial score (nSPS) is 14.4. The number of carboxylic acid groups (broad SMARTS) is 1. The van der Waals surface area contributed by atoms with Crippen molar-refractivity contribution < 1.29 is 9.90 Å². The molecule has 0 spiro atoms. The van der Waals surface area contributed by atoms with Gasteiger partial charge in [0.1, 0.15) is 0 Å². The maximum atomic E-state index is 11.9. The molecule has 4 heterocycles. The molecule has 0 bridgehead atoms. The van der Waals surface area contributed by atoms with Crippen LogP contribution in [-0.2, 0) is 0 Å². The maximum absolute atomic E-state index is 11.9. The molecule has 1 saturated heterocycles. The number of nitrogens with zero attached hydrogens (tertiary/aromatic N) is 6. The van der Waals surface area contributed by atoms with Gasteiger partial charge in [0.05, 0.1) is 10.2 Å². The number of anilines is 4. The van der Waals surface area contributed by atoms with Gasteiger partial charge in [-0.1, -0.05) is 37.3 Å². The molecule has 35 heavy (non-hydrogen) atoms. The summed E-state index contributed by atoms with van der Waals surface area (Å²) in [7, 11) is 1.84. The topological polar surface area (TPSA) is 107 Å². The summed E-state index contributed by atoms with van der Waals surface area (Å²) in [4.78, 5) is 25.9. The molecule has 182 valence electrons. The second-order valence-electron chi connectivity index (χ2n) is 9.23. The van der Waals surface area contributed by atoms with Gasteiger partial charge in [0.15, 0.2) is 27.6 Å². The minimum absolute atomic E-state index is 0.143. The average Bonchev–Trinajstić information content (AvgIpc) is 3.40. The van der Waals surface area contributed by atoms with Crippen molar-refractivity contribution in [3.63, 3.8) is 0 Å². The van der Waals surface area contributed by atoms with Gasteiger partial charge in [0.2, 0.25) is 0 Å². The largest absolute Gasteiger partial charge is 0.476 e. The number of aryl methyl sites for hydroxylation is 1. The van der Waals surface area contributed by atoms with E-state index in [1.54, 1.807) is 16.2 Å². The molecule has 5 rings (SSSR count). The van der Waals surface area contributed by atoms with Gasteiger partial charge in [-0.05, 0) is 36.6 Å². The number of carboxylic acids is 1. The molecule has 11 heteroatoms. The third kappa shape index (κ3) is 4.84. The lowest BCUT2D eigenvalue weighted by Gasteiger charge is -2.39. The fourth-order valence-electron chi connectivity index (χ4n) is 4.18. The van der Waals surface area contributed by atoms with Gasteiger partial charge in [-0.2, -0.15) is 0 Å². The molecule has 0 atom stereocenters. The van der Waals surface area contributed by atoms with Crippen molar-refractivity contribution >= 4 is 60.8 Å². The Balaban J connectivity index is 1.34. The van der Waals surface area contributed by atoms with Gasteiger partial charge in [0.25, 0.3) is 0 Å². The van der Waals surface area contributed by atoms with E-state index >= 15 is 0 Å². The summed E-state index contributed by atoms with van der Waals surface area (Å²) in [6, 6.07) is 9.89. The minimum Gasteiger partial charge on any atom is -0.476 e. The molecule has 0 saturated carbocycles. The van der Waals surface area contributed by atoms with Crippen LogP contribution in [0.4, 0.5) is 21.9 Å². The van der Waals surface area contributed by atoms with Gasteiger partial charge in [-0.3, -0.25) is 0 Å². The number of hydrogen-bond acceptors (Lipinski definition) is 10. The molecule has 1 aromatic carbocycles. The lowest BCUT2D eigenvalue weighted by Crippen LogP contribution is -2.46. The predicted molar refractivity (Wildman–Crippen MR) is 141 cm³/mol. The van der Waals surface area contributed by atoms with Crippen LogP contribution in [0.5, 0.6) is 0 Å². The van der Waals surface area contributed by atoms with E-state index in [2.05, 4.69) is 44.2 Å². The van der Waals surface area contributed by atoms with Gasteiger partial charge in [-0.25, -0.2) is 14.8 Å². The molecular formula is C24H27N7O2S2. The van der Waals surface area contributed by atoms with E-state index < -0.39 is 5.97 Å². The SMILES string of the molecule is Cc1cc(N(C)c2nc(C(=O)O)c(C3CN(CC(C)C)C3)s2)nnc1Nc1nc2ccccc2s1. The second kappa shape index (κ2) is 9.48. The number of fused-ring (bicyclic) bond motifs is 1. The zero-order valence-electron chi connectivity index (χ0n) is 20.0. The second-order valence-corrected chi connectivity index (χ2v) is 11.3. The van der Waals surface area contributed by atoms with Crippen molar-refractivity contribution in [3.8, 4) is 0 Å². The Morgan fingerprint density at radius 3 is 2.69 bits per heavy atom. The maximum Gasteiger partial charge on any atom is 0.355 e. The average molecular weight is 510 g/mol. The lowest BCUT2D eigenvalue weighted by molar-refractivity contribution is 0.0685. The first-order chi connectivity index (χ1) is 16.8. The summed E-state index contributed by atoms with van der Waals surface area (Å²) < 4.78 is 1.10. The van der Waals surface area contributed by atoms with E-state index in [4.69, 9.17) is 0 Å². The Morgan fingerprint density at radius 2 is 2.00 bits per heavy atom. The van der Waals surface area contributed by atoms with Gasteiger partial charge >= 0.3 is 5.97 Å². The molecule has 2 N–H and O–H groups in total. The van der Waals surface area contributed by atoms with Crippen molar-refractivity contribution in [2.24, 2.45) is 5.92 Å². The molecule has 4 aromatic rings. The number of likely N-dealkylation sites (tertiary alicyclic amines) is 1. The van der Waals surface area contributed by atoms with Crippen molar-refractivity contribution in [2.75, 3.05) is 36.9 Å². The van der Waals surface area contributed by atoms with E-state index in [0.717, 1.165) is 45.4 Å². The van der Waals surface area contributed by atoms with E-state index in [1.807, 2.05) is 44.3 Å². The van der Waals surface area contributed by atoms with Crippen molar-refractivity contribution in [1.82, 2.24) is 25.1 Å².